The molecule has 3 heterocycles. The summed E-state index contributed by atoms with van der Waals surface area (Å²) in [6.07, 6.45) is 13.9. The van der Waals surface area contributed by atoms with Crippen LogP contribution >= 0.6 is 21.6 Å². The van der Waals surface area contributed by atoms with E-state index in [-0.39, 0.29) is 24.9 Å². The zero-order chi connectivity index (χ0) is 39.7. The van der Waals surface area contributed by atoms with Gasteiger partial charge in [0.15, 0.2) is 12.4 Å². The summed E-state index contributed by atoms with van der Waals surface area (Å²) in [5.41, 5.74) is 5.80. The van der Waals surface area contributed by atoms with E-state index in [1.165, 1.54) is 0 Å². The molecule has 296 valence electrons. The van der Waals surface area contributed by atoms with Crippen molar-refractivity contribution in [3.05, 3.63) is 120 Å². The number of aromatic nitrogens is 1. The first-order valence-corrected chi connectivity index (χ1v) is 21.0. The van der Waals surface area contributed by atoms with Gasteiger partial charge in [0.2, 0.25) is 12.5 Å². The van der Waals surface area contributed by atoms with E-state index in [2.05, 4.69) is 22.2 Å². The number of nitrogens with one attached hydrogen (secondary N) is 2. The molecule has 56 heavy (non-hydrogen) atoms. The first kappa shape index (κ1) is 42.4. The fraction of sp³-hybridized carbons (Fsp3) is 0.333. The van der Waals surface area contributed by atoms with Crippen LogP contribution in [-0.4, -0.2) is 120 Å². The number of aliphatic hydroxyl groups excluding tert-OH is 4. The van der Waals surface area contributed by atoms with Gasteiger partial charge >= 0.3 is 0 Å². The summed E-state index contributed by atoms with van der Waals surface area (Å²) in [4.78, 5) is 32.7. The van der Waals surface area contributed by atoms with Crippen LogP contribution in [0.3, 0.4) is 0 Å². The minimum absolute atomic E-state index is 0.0296. The first-order valence-electron chi connectivity index (χ1n) is 18.5. The summed E-state index contributed by atoms with van der Waals surface area (Å²) in [6.45, 7) is 6.86. The van der Waals surface area contributed by atoms with Gasteiger partial charge in [0, 0.05) is 80.5 Å². The van der Waals surface area contributed by atoms with Crippen molar-refractivity contribution < 1.29 is 34.6 Å². The minimum Gasteiger partial charge on any atom is -0.389 e. The number of nitrogens with zero attached hydrogens (tertiary/aromatic N) is 4. The lowest BCUT2D eigenvalue weighted by Gasteiger charge is -2.17. The lowest BCUT2D eigenvalue weighted by molar-refractivity contribution is -0.684. The highest BCUT2D eigenvalue weighted by Gasteiger charge is 2.30. The van der Waals surface area contributed by atoms with E-state index in [9.17, 15) is 30.0 Å². The van der Waals surface area contributed by atoms with E-state index in [0.717, 1.165) is 45.1 Å². The molecule has 14 heteroatoms. The Morgan fingerprint density at radius 2 is 1.18 bits per heavy atom. The van der Waals surface area contributed by atoms with Crippen LogP contribution in [0.15, 0.2) is 108 Å². The second-order valence-corrected chi connectivity index (χ2v) is 16.1. The molecule has 2 aliphatic heterocycles. The van der Waals surface area contributed by atoms with Crippen molar-refractivity contribution >= 4 is 69.2 Å². The number of allylic oxidation sites excluding steroid dienone is 4. The van der Waals surface area contributed by atoms with Crippen molar-refractivity contribution in [3.63, 3.8) is 0 Å². The fourth-order valence-corrected chi connectivity index (χ4v) is 7.76. The van der Waals surface area contributed by atoms with Crippen molar-refractivity contribution in [1.82, 2.24) is 10.6 Å². The predicted molar refractivity (Wildman–Crippen MR) is 229 cm³/mol. The molecule has 0 bridgehead atoms. The molecule has 0 aliphatic carbocycles. The SMILES string of the molecule is C=CC(/C=C/c1ccc(N2CC(O)C(O)C2)cc1)=C\C=N\CC(=O)NCCSSCCNC(=O)C[n+]1ccc(/C=C/c2ccc(N3CC(O)C(O)C3)cc2)cc1. The Kier molecular flexibility index (Phi) is 16.8. The fourth-order valence-electron chi connectivity index (χ4n) is 5.95. The van der Waals surface area contributed by atoms with Gasteiger partial charge in [0.25, 0.3) is 5.91 Å². The average molecular weight is 800 g/mol. The summed E-state index contributed by atoms with van der Waals surface area (Å²) in [7, 11) is 3.28. The third kappa shape index (κ3) is 13.8. The number of hydrogen-bond donors (Lipinski definition) is 6. The number of pyridine rings is 1. The van der Waals surface area contributed by atoms with Crippen molar-refractivity contribution in [2.75, 3.05) is 67.1 Å². The van der Waals surface area contributed by atoms with E-state index >= 15 is 0 Å². The monoisotopic (exact) mass is 799 g/mol. The molecule has 2 aliphatic rings. The third-order valence-electron chi connectivity index (χ3n) is 9.16. The van der Waals surface area contributed by atoms with Crippen LogP contribution in [0.2, 0.25) is 0 Å². The van der Waals surface area contributed by atoms with Crippen LogP contribution < -0.4 is 25.0 Å². The molecule has 2 saturated heterocycles. The molecule has 2 fully saturated rings. The number of benzene rings is 2. The Balaban J connectivity index is 0.884. The Labute approximate surface area is 336 Å². The van der Waals surface area contributed by atoms with Crippen LogP contribution in [0.4, 0.5) is 11.4 Å². The molecule has 2 amide bonds. The third-order valence-corrected chi connectivity index (χ3v) is 11.6. The molecule has 4 unspecified atom stereocenters. The van der Waals surface area contributed by atoms with Gasteiger partial charge in [0.1, 0.15) is 6.54 Å². The molecule has 5 rings (SSSR count). The zero-order valence-corrected chi connectivity index (χ0v) is 32.9. The minimum atomic E-state index is -0.725. The number of β-amino-alcohol motifs (C(OH)–C–C–N with tert-alkyl or cyclic N) is 4. The first-order chi connectivity index (χ1) is 27.2. The van der Waals surface area contributed by atoms with Gasteiger partial charge in [0.05, 0.1) is 24.4 Å². The smallest absolute Gasteiger partial charge is 0.286 e. The van der Waals surface area contributed by atoms with E-state index in [1.807, 2.05) is 112 Å². The molecular weight excluding hydrogens is 749 g/mol. The molecule has 0 spiro atoms. The molecular formula is C42H51N6O6S2+. The maximum atomic E-state index is 12.4. The summed E-state index contributed by atoms with van der Waals surface area (Å²) in [5.74, 6) is 1.27. The second kappa shape index (κ2) is 22.1. The number of hydrogen-bond acceptors (Lipinski definition) is 11. The highest BCUT2D eigenvalue weighted by Crippen LogP contribution is 2.23. The molecule has 4 atom stereocenters. The summed E-state index contributed by atoms with van der Waals surface area (Å²) >= 11 is 0. The quantitative estimate of drug-likeness (QED) is 0.0350. The highest BCUT2D eigenvalue weighted by molar-refractivity contribution is 8.76. The molecule has 0 saturated carbocycles. The Morgan fingerprint density at radius 3 is 1.68 bits per heavy atom. The Hall–Kier alpha value is -4.70. The Bertz CT molecular complexity index is 1830. The average Bonchev–Trinajstić information content (AvgIpc) is 3.73. The Morgan fingerprint density at radius 1 is 0.714 bits per heavy atom. The summed E-state index contributed by atoms with van der Waals surface area (Å²) < 4.78 is 1.83. The number of carbonyl (C=O) groups is 2. The zero-order valence-electron chi connectivity index (χ0n) is 31.3. The number of carbonyl (C=O) groups excluding carboxylic acids is 2. The normalized spacial score (nSPS) is 20.1. The highest BCUT2D eigenvalue weighted by atomic mass is 33.1. The maximum Gasteiger partial charge on any atom is 0.286 e. The van der Waals surface area contributed by atoms with Crippen LogP contribution in [-0.2, 0) is 16.1 Å². The van der Waals surface area contributed by atoms with Crippen LogP contribution in [0, 0.1) is 0 Å². The molecule has 6 N–H and O–H groups in total. The number of rotatable bonds is 19. The molecule has 3 aromatic rings. The van der Waals surface area contributed by atoms with Crippen LogP contribution in [0.1, 0.15) is 16.7 Å². The summed E-state index contributed by atoms with van der Waals surface area (Å²) in [5, 5.41) is 45.0. The van der Waals surface area contributed by atoms with Crippen LogP contribution in [0.5, 0.6) is 0 Å². The molecule has 0 radical (unpaired) electrons. The lowest BCUT2D eigenvalue weighted by atomic mass is 10.1. The topological polar surface area (TPSA) is 162 Å². The number of aliphatic imine (C=N–C) groups is 1. The van der Waals surface area contributed by atoms with Gasteiger partial charge in [-0.3, -0.25) is 14.6 Å². The van der Waals surface area contributed by atoms with Crippen molar-refractivity contribution in [2.45, 2.75) is 31.0 Å². The molecule has 1 aromatic heterocycles. The largest absolute Gasteiger partial charge is 0.389 e. The van der Waals surface area contributed by atoms with E-state index in [1.54, 1.807) is 40.0 Å². The second-order valence-electron chi connectivity index (χ2n) is 13.4. The van der Waals surface area contributed by atoms with Gasteiger partial charge in [-0.05, 0) is 52.6 Å². The van der Waals surface area contributed by atoms with Crippen molar-refractivity contribution in [1.29, 1.82) is 0 Å². The summed E-state index contributed by atoms with van der Waals surface area (Å²) in [6, 6.07) is 19.8. The number of anilines is 2. The lowest BCUT2D eigenvalue weighted by Crippen LogP contribution is -2.42. The van der Waals surface area contributed by atoms with E-state index < -0.39 is 24.4 Å². The van der Waals surface area contributed by atoms with Gasteiger partial charge in [-0.15, -0.1) is 0 Å². The molecule has 12 nitrogen and oxygen atoms in total. The molecule has 2 aromatic carbocycles. The van der Waals surface area contributed by atoms with Gasteiger partial charge in [-0.25, -0.2) is 0 Å². The van der Waals surface area contributed by atoms with Crippen molar-refractivity contribution in [3.8, 4) is 0 Å². The van der Waals surface area contributed by atoms with Gasteiger partial charge < -0.3 is 40.9 Å². The maximum absolute atomic E-state index is 12.4. The van der Waals surface area contributed by atoms with E-state index in [0.29, 0.717) is 39.3 Å². The van der Waals surface area contributed by atoms with E-state index in [4.69, 9.17) is 0 Å². The van der Waals surface area contributed by atoms with Gasteiger partial charge in [-0.2, -0.15) is 4.57 Å². The van der Waals surface area contributed by atoms with Gasteiger partial charge in [-0.1, -0.05) is 82.8 Å². The number of aliphatic hydroxyl groups is 4. The predicted octanol–water partition coefficient (Wildman–Crippen LogP) is 2.74. The van der Waals surface area contributed by atoms with Crippen molar-refractivity contribution in [2.24, 2.45) is 4.99 Å². The standard InChI is InChI=1S/C42H50N6O6S2/c1-2-31(3-4-32-7-11-35(12-8-32)47-26-37(49)38(50)27-47)15-18-43-25-41(53)44-19-23-55-56-24-20-45-42(54)30-46-21-16-34(17-22-46)6-5-33-9-13-36(14-10-33)48-28-39(51)40(52)29-48/h2-18,21-22,37-40,49-52H,1,19-20,23-30H2,(H-,44,45,53,54)/p+1/b4-3+,31-15+,43-18+. The number of amides is 2. The van der Waals surface area contributed by atoms with Crippen LogP contribution in [0.25, 0.3) is 18.2 Å².